The van der Waals surface area contributed by atoms with Gasteiger partial charge in [-0.25, -0.2) is 4.98 Å². The summed E-state index contributed by atoms with van der Waals surface area (Å²) in [7, 11) is 0. The van der Waals surface area contributed by atoms with Crippen LogP contribution >= 0.6 is 34.0 Å². The van der Waals surface area contributed by atoms with Crippen LogP contribution in [-0.2, 0) is 0 Å². The lowest BCUT2D eigenvalue weighted by Gasteiger charge is -1.80. The van der Waals surface area contributed by atoms with Gasteiger partial charge in [-0.15, -0.1) is 11.3 Å². The molecule has 0 N–H and O–H groups in total. The van der Waals surface area contributed by atoms with Gasteiger partial charge in [-0.05, 0) is 33.7 Å². The second-order valence-electron chi connectivity index (χ2n) is 3.41. The van der Waals surface area contributed by atoms with Crippen LogP contribution in [0.3, 0.4) is 0 Å². The number of hydrogen-bond acceptors (Lipinski definition) is 4. The average molecular weight is 303 g/mol. The summed E-state index contributed by atoms with van der Waals surface area (Å²) in [6, 6.07) is 16.2. The fourth-order valence-corrected chi connectivity index (χ4v) is 2.84. The van der Waals surface area contributed by atoms with Crippen molar-refractivity contribution in [3.05, 3.63) is 75.6 Å². The molecule has 0 atom stereocenters. The van der Waals surface area contributed by atoms with Gasteiger partial charge in [0, 0.05) is 0 Å². The number of thiophene rings is 2. The van der Waals surface area contributed by atoms with Gasteiger partial charge < -0.3 is 0 Å². The summed E-state index contributed by atoms with van der Waals surface area (Å²) in [5.41, 5.74) is 2.97. The van der Waals surface area contributed by atoms with Crippen LogP contribution in [0.2, 0.25) is 0 Å². The maximum atomic E-state index is 4.14. The summed E-state index contributed by atoms with van der Waals surface area (Å²) in [6.45, 7) is 0. The SMILES string of the molecule is c1ccc2scnc2c1.c1ccsc1.c1ccsc1. The van der Waals surface area contributed by atoms with Crippen LogP contribution in [0.4, 0.5) is 0 Å². The number of aromatic nitrogens is 1. The van der Waals surface area contributed by atoms with E-state index in [0.717, 1.165) is 5.52 Å². The van der Waals surface area contributed by atoms with Gasteiger partial charge in [0.05, 0.1) is 15.7 Å². The van der Waals surface area contributed by atoms with E-state index in [1.165, 1.54) is 4.70 Å². The Balaban J connectivity index is 0.000000114. The Morgan fingerprint density at radius 3 is 1.74 bits per heavy atom. The molecule has 3 heterocycles. The van der Waals surface area contributed by atoms with Gasteiger partial charge in [0.1, 0.15) is 0 Å². The first-order chi connectivity index (χ1) is 9.47. The minimum Gasteiger partial charge on any atom is -0.245 e. The summed E-state index contributed by atoms with van der Waals surface area (Å²) in [4.78, 5) is 4.14. The first-order valence-electron chi connectivity index (χ1n) is 5.69. The van der Waals surface area contributed by atoms with Crippen molar-refractivity contribution in [2.45, 2.75) is 0 Å². The van der Waals surface area contributed by atoms with Crippen LogP contribution in [-0.4, -0.2) is 4.98 Å². The molecule has 1 nitrogen and oxygen atoms in total. The number of fused-ring (bicyclic) bond motifs is 1. The molecular formula is C15H13NS3. The van der Waals surface area contributed by atoms with Gasteiger partial charge in [0.25, 0.3) is 0 Å². The van der Waals surface area contributed by atoms with E-state index in [-0.39, 0.29) is 0 Å². The van der Waals surface area contributed by atoms with Crippen LogP contribution in [0, 0.1) is 0 Å². The monoisotopic (exact) mass is 303 g/mol. The van der Waals surface area contributed by atoms with Crippen molar-refractivity contribution in [1.29, 1.82) is 0 Å². The van der Waals surface area contributed by atoms with E-state index in [0.29, 0.717) is 0 Å². The predicted molar refractivity (Wildman–Crippen MR) is 88.3 cm³/mol. The van der Waals surface area contributed by atoms with Crippen LogP contribution in [0.15, 0.2) is 75.6 Å². The number of para-hydroxylation sites is 1. The molecule has 0 aliphatic carbocycles. The second-order valence-corrected chi connectivity index (χ2v) is 5.93. The summed E-state index contributed by atoms with van der Waals surface area (Å²) in [6.07, 6.45) is 0. The van der Waals surface area contributed by atoms with Crippen LogP contribution in [0.5, 0.6) is 0 Å². The molecule has 4 rings (SSSR count). The highest BCUT2D eigenvalue weighted by Crippen LogP contribution is 2.15. The molecule has 0 aliphatic heterocycles. The predicted octanol–water partition coefficient (Wildman–Crippen LogP) is 5.79. The highest BCUT2D eigenvalue weighted by Gasteiger charge is 1.89. The number of thiazole rings is 1. The Hall–Kier alpha value is -1.49. The largest absolute Gasteiger partial charge is 0.245 e. The third-order valence-corrected chi connectivity index (χ3v) is 4.15. The van der Waals surface area contributed by atoms with E-state index in [1.807, 2.05) is 69.5 Å². The molecule has 3 aromatic heterocycles. The molecule has 0 amide bonds. The molecule has 0 unspecified atom stereocenters. The maximum Gasteiger partial charge on any atom is 0.0812 e. The summed E-state index contributed by atoms with van der Waals surface area (Å²) in [5.74, 6) is 0. The van der Waals surface area contributed by atoms with Crippen LogP contribution in [0.25, 0.3) is 10.2 Å². The van der Waals surface area contributed by atoms with E-state index in [9.17, 15) is 0 Å². The minimum atomic E-state index is 1.10. The van der Waals surface area contributed by atoms with Crippen molar-refractivity contribution in [2.24, 2.45) is 0 Å². The molecule has 96 valence electrons. The van der Waals surface area contributed by atoms with Gasteiger partial charge in [-0.1, -0.05) is 36.4 Å². The average Bonchev–Trinajstić information content (AvgIpc) is 3.22. The lowest BCUT2D eigenvalue weighted by atomic mass is 10.3. The first kappa shape index (κ1) is 13.9. The van der Waals surface area contributed by atoms with Gasteiger partial charge in [0.2, 0.25) is 0 Å². The van der Waals surface area contributed by atoms with Crippen molar-refractivity contribution in [3.63, 3.8) is 0 Å². The zero-order valence-corrected chi connectivity index (χ0v) is 12.6. The molecule has 0 bridgehead atoms. The lowest BCUT2D eigenvalue weighted by Crippen LogP contribution is -1.61. The fourth-order valence-electron chi connectivity index (χ4n) is 1.26. The van der Waals surface area contributed by atoms with Crippen LogP contribution < -0.4 is 0 Å². The van der Waals surface area contributed by atoms with E-state index < -0.39 is 0 Å². The van der Waals surface area contributed by atoms with E-state index in [2.05, 4.69) is 11.1 Å². The molecule has 0 radical (unpaired) electrons. The van der Waals surface area contributed by atoms with E-state index >= 15 is 0 Å². The van der Waals surface area contributed by atoms with E-state index in [1.54, 1.807) is 34.0 Å². The number of benzene rings is 1. The summed E-state index contributed by atoms with van der Waals surface area (Å²) in [5, 5.41) is 8.17. The van der Waals surface area contributed by atoms with Gasteiger partial charge in [-0.3, -0.25) is 0 Å². The maximum absolute atomic E-state index is 4.14. The van der Waals surface area contributed by atoms with Crippen LogP contribution in [0.1, 0.15) is 0 Å². The van der Waals surface area contributed by atoms with Gasteiger partial charge >= 0.3 is 0 Å². The van der Waals surface area contributed by atoms with Crippen molar-refractivity contribution in [1.82, 2.24) is 4.98 Å². The zero-order valence-electron chi connectivity index (χ0n) is 10.2. The molecule has 0 spiro atoms. The third kappa shape index (κ3) is 5.34. The zero-order chi connectivity index (χ0) is 13.2. The summed E-state index contributed by atoms with van der Waals surface area (Å²) >= 11 is 5.10. The molecule has 0 saturated carbocycles. The van der Waals surface area contributed by atoms with Crippen molar-refractivity contribution < 1.29 is 0 Å². The fraction of sp³-hybridized carbons (Fsp3) is 0. The Bertz CT molecular complexity index is 548. The molecule has 0 saturated heterocycles. The number of nitrogens with zero attached hydrogens (tertiary/aromatic N) is 1. The van der Waals surface area contributed by atoms with Crippen molar-refractivity contribution in [2.75, 3.05) is 0 Å². The minimum absolute atomic E-state index is 1.10. The number of hydrogen-bond donors (Lipinski definition) is 0. The molecule has 4 heteroatoms. The van der Waals surface area contributed by atoms with Crippen molar-refractivity contribution >= 4 is 44.2 Å². The molecular weight excluding hydrogens is 290 g/mol. The topological polar surface area (TPSA) is 12.9 Å². The molecule has 0 aliphatic rings. The van der Waals surface area contributed by atoms with Gasteiger partial charge in [-0.2, -0.15) is 22.7 Å². The number of rotatable bonds is 0. The van der Waals surface area contributed by atoms with Crippen molar-refractivity contribution in [3.8, 4) is 0 Å². The molecule has 1 aromatic carbocycles. The smallest absolute Gasteiger partial charge is 0.0812 e. The Morgan fingerprint density at radius 1 is 0.684 bits per heavy atom. The lowest BCUT2D eigenvalue weighted by molar-refractivity contribution is 1.50. The quantitative estimate of drug-likeness (QED) is 0.400. The molecule has 0 fully saturated rings. The highest BCUT2D eigenvalue weighted by molar-refractivity contribution is 7.16. The molecule has 4 aromatic rings. The first-order valence-corrected chi connectivity index (χ1v) is 8.46. The Morgan fingerprint density at radius 2 is 1.26 bits per heavy atom. The highest BCUT2D eigenvalue weighted by atomic mass is 32.1. The third-order valence-electron chi connectivity index (χ3n) is 2.09. The molecule has 19 heavy (non-hydrogen) atoms. The van der Waals surface area contributed by atoms with E-state index in [4.69, 9.17) is 0 Å². The Kier molecular flexibility index (Phi) is 6.29. The second kappa shape index (κ2) is 8.58. The summed E-state index contributed by atoms with van der Waals surface area (Å²) < 4.78 is 1.26. The van der Waals surface area contributed by atoms with Gasteiger partial charge in [0.15, 0.2) is 0 Å². The normalized spacial score (nSPS) is 9.05. The Labute approximate surface area is 124 Å². The standard InChI is InChI=1S/C7H5NS.2C4H4S/c1-2-4-7-6(3-1)8-5-9-7;2*1-2-4-5-3-1/h1-5H;2*1-4H.